The molecule has 1 heterocycles. The van der Waals surface area contributed by atoms with Gasteiger partial charge in [0.25, 0.3) is 0 Å². The molecule has 0 radical (unpaired) electrons. The molecular weight excluding hydrogens is 365 g/mol. The number of benzene rings is 2. The first-order valence-corrected chi connectivity index (χ1v) is 10.4. The van der Waals surface area contributed by atoms with Gasteiger partial charge in [0.05, 0.1) is 0 Å². The average molecular weight is 394 g/mol. The van der Waals surface area contributed by atoms with Gasteiger partial charge in [0, 0.05) is 44.7 Å². The van der Waals surface area contributed by atoms with Crippen LogP contribution in [0.3, 0.4) is 0 Å². The van der Waals surface area contributed by atoms with Gasteiger partial charge in [0.15, 0.2) is 0 Å². The maximum Gasteiger partial charge on any atom is 0.317 e. The molecule has 4 rings (SSSR count). The van der Waals surface area contributed by atoms with Crippen molar-refractivity contribution < 1.29 is 9.18 Å². The summed E-state index contributed by atoms with van der Waals surface area (Å²) in [5.74, 6) is -0.218. The number of carbonyl (C=O) groups excluding carboxylic acids is 1. The summed E-state index contributed by atoms with van der Waals surface area (Å²) in [5, 5.41) is 3.11. The third kappa shape index (κ3) is 5.04. The van der Waals surface area contributed by atoms with E-state index in [0.29, 0.717) is 6.54 Å². The molecule has 29 heavy (non-hydrogen) atoms. The van der Waals surface area contributed by atoms with Crippen molar-refractivity contribution in [3.05, 3.63) is 77.6 Å². The van der Waals surface area contributed by atoms with Crippen molar-refractivity contribution in [2.24, 2.45) is 0 Å². The molecule has 2 aromatic rings. The summed E-state index contributed by atoms with van der Waals surface area (Å²) < 4.78 is 13.2. The highest BCUT2D eigenvalue weighted by molar-refractivity contribution is 5.74. The molecule has 2 aliphatic rings. The van der Waals surface area contributed by atoms with E-state index in [2.05, 4.69) is 34.5 Å². The lowest BCUT2D eigenvalue weighted by atomic mass is 9.96. The standard InChI is InChI=1S/C24H28FN3O/c25-22-10-8-21(9-11-22)24(12-13-24)19-26-23(29)28-17-15-27(16-18-28)14-4-7-20-5-2-1-3-6-20/h1-11H,12-19H2,(H,26,29)/b7-4+. The van der Waals surface area contributed by atoms with Gasteiger partial charge in [-0.1, -0.05) is 54.6 Å². The molecule has 1 saturated carbocycles. The Labute approximate surface area is 172 Å². The molecule has 152 valence electrons. The van der Waals surface area contributed by atoms with E-state index >= 15 is 0 Å². The molecule has 0 atom stereocenters. The number of hydrogen-bond acceptors (Lipinski definition) is 2. The summed E-state index contributed by atoms with van der Waals surface area (Å²) in [6.45, 7) is 4.78. The summed E-state index contributed by atoms with van der Waals surface area (Å²) in [7, 11) is 0. The predicted octanol–water partition coefficient (Wildman–Crippen LogP) is 3.90. The van der Waals surface area contributed by atoms with Gasteiger partial charge in [-0.05, 0) is 36.1 Å². The highest BCUT2D eigenvalue weighted by Crippen LogP contribution is 2.47. The van der Waals surface area contributed by atoms with Crippen LogP contribution in [0.4, 0.5) is 9.18 Å². The smallest absolute Gasteiger partial charge is 0.317 e. The van der Waals surface area contributed by atoms with Crippen LogP contribution in [0.15, 0.2) is 60.7 Å². The minimum atomic E-state index is -0.218. The number of halogens is 1. The quantitative estimate of drug-likeness (QED) is 0.808. The van der Waals surface area contributed by atoms with Crippen molar-refractivity contribution in [3.63, 3.8) is 0 Å². The summed E-state index contributed by atoms with van der Waals surface area (Å²) in [6.07, 6.45) is 6.41. The van der Waals surface area contributed by atoms with E-state index in [1.54, 1.807) is 0 Å². The first kappa shape index (κ1) is 19.6. The molecule has 2 fully saturated rings. The molecule has 0 unspecified atom stereocenters. The van der Waals surface area contributed by atoms with Crippen LogP contribution >= 0.6 is 0 Å². The number of amides is 2. The van der Waals surface area contributed by atoms with Gasteiger partial charge in [0.2, 0.25) is 0 Å². The van der Waals surface area contributed by atoms with E-state index < -0.39 is 0 Å². The van der Waals surface area contributed by atoms with Crippen LogP contribution in [0.2, 0.25) is 0 Å². The van der Waals surface area contributed by atoms with Crippen LogP contribution in [0.5, 0.6) is 0 Å². The molecule has 5 heteroatoms. The number of piperazine rings is 1. The summed E-state index contributed by atoms with van der Waals surface area (Å²) in [5.41, 5.74) is 2.32. The lowest BCUT2D eigenvalue weighted by molar-refractivity contribution is 0.146. The van der Waals surface area contributed by atoms with Crippen LogP contribution in [0.25, 0.3) is 6.08 Å². The molecule has 2 aromatic carbocycles. The van der Waals surface area contributed by atoms with Crippen molar-refractivity contribution in [1.29, 1.82) is 0 Å². The first-order valence-electron chi connectivity index (χ1n) is 10.4. The van der Waals surface area contributed by atoms with Crippen molar-refractivity contribution in [2.75, 3.05) is 39.3 Å². The van der Waals surface area contributed by atoms with E-state index in [-0.39, 0.29) is 17.3 Å². The Bertz CT molecular complexity index is 838. The van der Waals surface area contributed by atoms with Gasteiger partial charge in [-0.2, -0.15) is 0 Å². The minimum absolute atomic E-state index is 0.00653. The Hall–Kier alpha value is -2.66. The second-order valence-electron chi connectivity index (χ2n) is 8.05. The van der Waals surface area contributed by atoms with E-state index in [4.69, 9.17) is 0 Å². The molecule has 4 nitrogen and oxygen atoms in total. The van der Waals surface area contributed by atoms with E-state index in [1.807, 2.05) is 35.2 Å². The lowest BCUT2D eigenvalue weighted by Crippen LogP contribution is -2.52. The topological polar surface area (TPSA) is 35.6 Å². The van der Waals surface area contributed by atoms with Crippen LogP contribution in [0, 0.1) is 5.82 Å². The van der Waals surface area contributed by atoms with Gasteiger partial charge < -0.3 is 10.2 Å². The van der Waals surface area contributed by atoms with Crippen LogP contribution in [-0.2, 0) is 5.41 Å². The van der Waals surface area contributed by atoms with E-state index in [1.165, 1.54) is 17.7 Å². The maximum absolute atomic E-state index is 13.2. The van der Waals surface area contributed by atoms with Crippen LogP contribution in [-0.4, -0.2) is 55.1 Å². The molecule has 1 aliphatic heterocycles. The van der Waals surface area contributed by atoms with Gasteiger partial charge in [-0.15, -0.1) is 0 Å². The number of carbonyl (C=O) groups is 1. The van der Waals surface area contributed by atoms with Crippen molar-refractivity contribution in [1.82, 2.24) is 15.1 Å². The zero-order valence-electron chi connectivity index (χ0n) is 16.7. The highest BCUT2D eigenvalue weighted by Gasteiger charge is 2.44. The Kier molecular flexibility index (Phi) is 5.95. The summed E-state index contributed by atoms with van der Waals surface area (Å²) in [4.78, 5) is 16.9. The summed E-state index contributed by atoms with van der Waals surface area (Å²) in [6, 6.07) is 17.0. The number of hydrogen-bond donors (Lipinski definition) is 1. The average Bonchev–Trinajstić information content (AvgIpc) is 3.55. The Morgan fingerprint density at radius 1 is 1.00 bits per heavy atom. The van der Waals surface area contributed by atoms with E-state index in [0.717, 1.165) is 51.1 Å². The molecule has 1 saturated heterocycles. The number of nitrogens with one attached hydrogen (secondary N) is 1. The second kappa shape index (κ2) is 8.78. The molecule has 1 N–H and O–H groups in total. The molecule has 2 amide bonds. The molecule has 0 spiro atoms. The fourth-order valence-electron chi connectivity index (χ4n) is 3.91. The van der Waals surface area contributed by atoms with Crippen molar-refractivity contribution in [2.45, 2.75) is 18.3 Å². The predicted molar refractivity (Wildman–Crippen MR) is 114 cm³/mol. The molecule has 0 bridgehead atoms. The van der Waals surface area contributed by atoms with Crippen molar-refractivity contribution >= 4 is 12.1 Å². The third-order valence-electron chi connectivity index (χ3n) is 6.02. The second-order valence-corrected chi connectivity index (χ2v) is 8.05. The first-order chi connectivity index (χ1) is 14.1. The number of urea groups is 1. The van der Waals surface area contributed by atoms with Gasteiger partial charge in [-0.25, -0.2) is 9.18 Å². The molecular formula is C24H28FN3O. The lowest BCUT2D eigenvalue weighted by Gasteiger charge is -2.34. The largest absolute Gasteiger partial charge is 0.337 e. The Morgan fingerprint density at radius 2 is 1.69 bits per heavy atom. The Balaban J connectivity index is 1.20. The Morgan fingerprint density at radius 3 is 2.34 bits per heavy atom. The highest BCUT2D eigenvalue weighted by atomic mass is 19.1. The number of nitrogens with zero attached hydrogens (tertiary/aromatic N) is 2. The van der Waals surface area contributed by atoms with Gasteiger partial charge >= 0.3 is 6.03 Å². The fraction of sp³-hybridized carbons (Fsp3) is 0.375. The van der Waals surface area contributed by atoms with Gasteiger partial charge in [-0.3, -0.25) is 4.90 Å². The third-order valence-corrected chi connectivity index (χ3v) is 6.02. The number of rotatable bonds is 6. The van der Waals surface area contributed by atoms with E-state index in [9.17, 15) is 9.18 Å². The van der Waals surface area contributed by atoms with Crippen LogP contribution < -0.4 is 5.32 Å². The summed E-state index contributed by atoms with van der Waals surface area (Å²) >= 11 is 0. The van der Waals surface area contributed by atoms with Gasteiger partial charge in [0.1, 0.15) is 5.82 Å². The van der Waals surface area contributed by atoms with Crippen molar-refractivity contribution in [3.8, 4) is 0 Å². The van der Waals surface area contributed by atoms with Crippen LogP contribution in [0.1, 0.15) is 24.0 Å². The minimum Gasteiger partial charge on any atom is -0.337 e. The zero-order chi connectivity index (χ0) is 20.1. The molecule has 0 aromatic heterocycles. The zero-order valence-corrected chi connectivity index (χ0v) is 16.7. The molecule has 1 aliphatic carbocycles. The fourth-order valence-corrected chi connectivity index (χ4v) is 3.91. The SMILES string of the molecule is O=C(NCC1(c2ccc(F)cc2)CC1)N1CCN(C/C=C/c2ccccc2)CC1. The normalized spacial score (nSPS) is 18.7. The maximum atomic E-state index is 13.2. The monoisotopic (exact) mass is 393 g/mol.